The molecule has 1 heterocycles. The lowest BCUT2D eigenvalue weighted by Gasteiger charge is -1.99. The molecule has 0 saturated carbocycles. The lowest BCUT2D eigenvalue weighted by Crippen LogP contribution is -2.11. The first kappa shape index (κ1) is 11.5. The molecule has 3 nitrogen and oxygen atoms in total. The van der Waals surface area contributed by atoms with Crippen LogP contribution in [0.2, 0.25) is 0 Å². The Hall–Kier alpha value is -0.590. The average Bonchev–Trinajstić information content (AvgIpc) is 2.42. The summed E-state index contributed by atoms with van der Waals surface area (Å²) < 4.78 is 0.868. The van der Waals surface area contributed by atoms with E-state index in [2.05, 4.69) is 0 Å². The maximum absolute atomic E-state index is 10.8. The number of hydrogen-bond acceptors (Lipinski definition) is 4. The van der Waals surface area contributed by atoms with Crippen LogP contribution in [0.15, 0.2) is 4.21 Å². The molecule has 0 aliphatic rings. The molecule has 14 heavy (non-hydrogen) atoms. The van der Waals surface area contributed by atoms with Crippen LogP contribution in [0.5, 0.6) is 0 Å². The van der Waals surface area contributed by atoms with Gasteiger partial charge in [-0.2, -0.15) is 0 Å². The van der Waals surface area contributed by atoms with E-state index in [1.807, 2.05) is 6.26 Å². The van der Waals surface area contributed by atoms with Crippen LogP contribution in [0.3, 0.4) is 0 Å². The second-order valence-corrected chi connectivity index (χ2v) is 5.13. The third-order valence-corrected chi connectivity index (χ3v) is 4.34. The number of carboxylic acid groups (broad SMARTS) is 1. The highest BCUT2D eigenvalue weighted by Crippen LogP contribution is 2.34. The third-order valence-electron chi connectivity index (χ3n) is 1.74. The van der Waals surface area contributed by atoms with E-state index in [9.17, 15) is 4.79 Å². The molecule has 76 valence electrons. The van der Waals surface area contributed by atoms with E-state index in [0.29, 0.717) is 16.0 Å². The number of thioether (sulfide) groups is 1. The molecule has 0 fully saturated rings. The number of carbonyl (C=O) groups is 1. The summed E-state index contributed by atoms with van der Waals surface area (Å²) in [6, 6.07) is 0. The van der Waals surface area contributed by atoms with Crippen molar-refractivity contribution in [2.75, 3.05) is 6.26 Å². The first-order valence-electron chi connectivity index (χ1n) is 3.69. The summed E-state index contributed by atoms with van der Waals surface area (Å²) >= 11 is 7.56. The van der Waals surface area contributed by atoms with E-state index >= 15 is 0 Å². The van der Waals surface area contributed by atoms with Crippen molar-refractivity contribution in [3.05, 3.63) is 16.0 Å². The van der Waals surface area contributed by atoms with E-state index in [-0.39, 0.29) is 4.99 Å². The summed E-state index contributed by atoms with van der Waals surface area (Å²) in [4.78, 5) is 11.4. The summed E-state index contributed by atoms with van der Waals surface area (Å²) in [5.41, 5.74) is 6.91. The SMILES string of the molecule is CSc1sc(C(=O)O)c(C)c1C(N)=S. The molecule has 0 aromatic carbocycles. The smallest absolute Gasteiger partial charge is 0.346 e. The van der Waals surface area contributed by atoms with Gasteiger partial charge in [0.15, 0.2) is 0 Å². The fourth-order valence-corrected chi connectivity index (χ4v) is 3.45. The molecule has 0 amide bonds. The van der Waals surface area contributed by atoms with Crippen LogP contribution in [0.1, 0.15) is 20.8 Å². The van der Waals surface area contributed by atoms with Crippen molar-refractivity contribution in [1.82, 2.24) is 0 Å². The molecule has 0 unspecified atom stereocenters. The zero-order chi connectivity index (χ0) is 10.9. The Morgan fingerprint density at radius 3 is 2.50 bits per heavy atom. The molecule has 0 radical (unpaired) electrons. The summed E-state index contributed by atoms with van der Waals surface area (Å²) in [6.07, 6.45) is 1.87. The highest BCUT2D eigenvalue weighted by Gasteiger charge is 2.20. The van der Waals surface area contributed by atoms with Gasteiger partial charge in [0.1, 0.15) is 9.87 Å². The number of hydrogen-bond donors (Lipinski definition) is 2. The normalized spacial score (nSPS) is 10.1. The quantitative estimate of drug-likeness (QED) is 0.632. The van der Waals surface area contributed by atoms with Gasteiger partial charge in [-0.1, -0.05) is 12.2 Å². The molecule has 0 saturated heterocycles. The molecular weight excluding hydrogens is 238 g/mol. The zero-order valence-corrected chi connectivity index (χ0v) is 10.1. The van der Waals surface area contributed by atoms with Gasteiger partial charge in [-0.3, -0.25) is 0 Å². The van der Waals surface area contributed by atoms with Gasteiger partial charge < -0.3 is 10.8 Å². The molecule has 1 aromatic rings. The molecule has 1 rings (SSSR count). The van der Waals surface area contributed by atoms with Gasteiger partial charge in [-0.25, -0.2) is 4.79 Å². The van der Waals surface area contributed by atoms with Crippen LogP contribution in [0.4, 0.5) is 0 Å². The number of aromatic carboxylic acids is 1. The average molecular weight is 247 g/mol. The van der Waals surface area contributed by atoms with Crippen molar-refractivity contribution in [3.63, 3.8) is 0 Å². The van der Waals surface area contributed by atoms with Crippen LogP contribution in [0, 0.1) is 6.92 Å². The minimum absolute atomic E-state index is 0.260. The van der Waals surface area contributed by atoms with Crippen LogP contribution < -0.4 is 5.73 Å². The standard InChI is InChI=1S/C8H9NO2S3/c1-3-4(6(9)12)8(13-2)14-5(3)7(10)11/h1-2H3,(H2,9,12)(H,10,11). The Labute approximate surface area is 95.3 Å². The summed E-state index contributed by atoms with van der Waals surface area (Å²) in [6.45, 7) is 1.73. The maximum atomic E-state index is 10.8. The van der Waals surface area contributed by atoms with Gasteiger partial charge >= 0.3 is 5.97 Å². The van der Waals surface area contributed by atoms with E-state index in [4.69, 9.17) is 23.1 Å². The second kappa shape index (κ2) is 4.29. The fourth-order valence-electron chi connectivity index (χ4n) is 1.12. The van der Waals surface area contributed by atoms with Crippen LogP contribution in [-0.4, -0.2) is 22.3 Å². The van der Waals surface area contributed by atoms with Gasteiger partial charge in [0.2, 0.25) is 0 Å². The van der Waals surface area contributed by atoms with E-state index in [1.165, 1.54) is 23.1 Å². The summed E-state index contributed by atoms with van der Waals surface area (Å²) in [7, 11) is 0. The van der Waals surface area contributed by atoms with Crippen molar-refractivity contribution >= 4 is 46.3 Å². The molecule has 0 bridgehead atoms. The van der Waals surface area contributed by atoms with Crippen LogP contribution >= 0.6 is 35.3 Å². The highest BCUT2D eigenvalue weighted by atomic mass is 32.2. The van der Waals surface area contributed by atoms with Gasteiger partial charge in [0, 0.05) is 5.56 Å². The number of nitrogens with two attached hydrogens (primary N) is 1. The van der Waals surface area contributed by atoms with Crippen molar-refractivity contribution < 1.29 is 9.90 Å². The molecule has 0 aliphatic carbocycles. The zero-order valence-electron chi connectivity index (χ0n) is 7.66. The third kappa shape index (κ3) is 1.92. The number of thiophene rings is 1. The van der Waals surface area contributed by atoms with Gasteiger partial charge in [0.05, 0.1) is 4.21 Å². The molecule has 0 atom stereocenters. The van der Waals surface area contributed by atoms with Crippen molar-refractivity contribution in [3.8, 4) is 0 Å². The molecule has 1 aromatic heterocycles. The fraction of sp³-hybridized carbons (Fsp3) is 0.250. The van der Waals surface area contributed by atoms with Gasteiger partial charge in [-0.05, 0) is 18.7 Å². The van der Waals surface area contributed by atoms with Crippen LogP contribution in [0.25, 0.3) is 0 Å². The summed E-state index contributed by atoms with van der Waals surface area (Å²) in [5, 5.41) is 8.90. The molecule has 6 heteroatoms. The van der Waals surface area contributed by atoms with Crippen molar-refractivity contribution in [1.29, 1.82) is 0 Å². The molecule has 0 aliphatic heterocycles. The maximum Gasteiger partial charge on any atom is 0.346 e. The Morgan fingerprint density at radius 2 is 2.21 bits per heavy atom. The Kier molecular flexibility index (Phi) is 3.52. The van der Waals surface area contributed by atoms with Crippen molar-refractivity contribution in [2.45, 2.75) is 11.1 Å². The van der Waals surface area contributed by atoms with E-state index in [1.54, 1.807) is 6.92 Å². The molecule has 0 spiro atoms. The minimum atomic E-state index is -0.926. The van der Waals surface area contributed by atoms with Crippen molar-refractivity contribution in [2.24, 2.45) is 5.73 Å². The molecular formula is C8H9NO2S3. The highest BCUT2D eigenvalue weighted by molar-refractivity contribution is 8.00. The predicted octanol–water partition coefficient (Wildman–Crippen LogP) is 2.11. The molecule has 3 N–H and O–H groups in total. The predicted molar refractivity (Wildman–Crippen MR) is 63.7 cm³/mol. The minimum Gasteiger partial charge on any atom is -0.477 e. The van der Waals surface area contributed by atoms with E-state index < -0.39 is 5.97 Å². The van der Waals surface area contributed by atoms with Gasteiger partial charge in [-0.15, -0.1) is 23.1 Å². The monoisotopic (exact) mass is 247 g/mol. The number of thiocarbonyl (C=S) groups is 1. The number of rotatable bonds is 3. The Morgan fingerprint density at radius 1 is 1.64 bits per heavy atom. The second-order valence-electron chi connectivity index (χ2n) is 2.59. The topological polar surface area (TPSA) is 63.3 Å². The lowest BCUT2D eigenvalue weighted by molar-refractivity contribution is 0.0701. The van der Waals surface area contributed by atoms with Gasteiger partial charge in [0.25, 0.3) is 0 Å². The lowest BCUT2D eigenvalue weighted by atomic mass is 10.2. The Bertz CT molecular complexity index is 398. The van der Waals surface area contributed by atoms with E-state index in [0.717, 1.165) is 4.21 Å². The first-order chi connectivity index (χ1) is 6.49. The summed E-state index contributed by atoms with van der Waals surface area (Å²) in [5.74, 6) is -0.926. The number of carboxylic acids is 1. The largest absolute Gasteiger partial charge is 0.477 e. The van der Waals surface area contributed by atoms with Crippen LogP contribution in [-0.2, 0) is 0 Å². The first-order valence-corrected chi connectivity index (χ1v) is 6.14. The Balaban J connectivity index is 3.40.